The summed E-state index contributed by atoms with van der Waals surface area (Å²) in [6.45, 7) is 4.03. The summed E-state index contributed by atoms with van der Waals surface area (Å²) in [6.07, 6.45) is 7.02. The molecule has 0 bridgehead atoms. The monoisotopic (exact) mass is 462 g/mol. The standard InChI is InChI=1S/C28H34F4O/c1-3-18-10-14-23(27(31)25(18)29)20-8-12-22(13-9-20)33-16-21-11-15-24(28(32)26(21)30)19-6-4-17(2)5-7-19/h10-11,14-15,17,19-20,22H,3-9,12-13,16H2,1-2H3. The fourth-order valence-corrected chi connectivity index (χ4v) is 5.54. The first-order valence-corrected chi connectivity index (χ1v) is 12.4. The molecule has 0 heterocycles. The van der Waals surface area contributed by atoms with Crippen molar-refractivity contribution in [1.82, 2.24) is 0 Å². The molecule has 0 aromatic heterocycles. The van der Waals surface area contributed by atoms with Gasteiger partial charge in [0.05, 0.1) is 12.7 Å². The van der Waals surface area contributed by atoms with Gasteiger partial charge < -0.3 is 4.74 Å². The van der Waals surface area contributed by atoms with Crippen molar-refractivity contribution in [3.05, 3.63) is 69.8 Å². The van der Waals surface area contributed by atoms with E-state index in [0.717, 1.165) is 25.7 Å². The summed E-state index contributed by atoms with van der Waals surface area (Å²) in [7, 11) is 0. The van der Waals surface area contributed by atoms with Gasteiger partial charge in [0.25, 0.3) is 0 Å². The molecule has 4 rings (SSSR count). The Labute approximate surface area is 194 Å². The summed E-state index contributed by atoms with van der Waals surface area (Å²) in [4.78, 5) is 0. The van der Waals surface area contributed by atoms with E-state index in [2.05, 4.69) is 6.92 Å². The Morgan fingerprint density at radius 3 is 1.70 bits per heavy atom. The van der Waals surface area contributed by atoms with E-state index in [-0.39, 0.29) is 30.1 Å². The molecular formula is C28H34F4O. The van der Waals surface area contributed by atoms with E-state index in [1.165, 1.54) is 0 Å². The van der Waals surface area contributed by atoms with Crippen molar-refractivity contribution in [3.8, 4) is 0 Å². The fraction of sp³-hybridized carbons (Fsp3) is 0.571. The van der Waals surface area contributed by atoms with E-state index >= 15 is 0 Å². The Kier molecular flexibility index (Phi) is 7.78. The third kappa shape index (κ3) is 5.29. The van der Waals surface area contributed by atoms with Gasteiger partial charge in [-0.2, -0.15) is 0 Å². The molecule has 5 heteroatoms. The molecule has 1 nitrogen and oxygen atoms in total. The first-order chi connectivity index (χ1) is 15.9. The molecule has 33 heavy (non-hydrogen) atoms. The fourth-order valence-electron chi connectivity index (χ4n) is 5.54. The van der Waals surface area contributed by atoms with Gasteiger partial charge in [-0.05, 0) is 79.4 Å². The lowest BCUT2D eigenvalue weighted by Gasteiger charge is -2.29. The molecule has 0 unspecified atom stereocenters. The highest BCUT2D eigenvalue weighted by atomic mass is 19.2. The summed E-state index contributed by atoms with van der Waals surface area (Å²) in [5, 5.41) is 0. The van der Waals surface area contributed by atoms with Crippen molar-refractivity contribution in [3.63, 3.8) is 0 Å². The molecule has 0 radical (unpaired) electrons. The molecule has 2 saturated carbocycles. The van der Waals surface area contributed by atoms with Crippen molar-refractivity contribution >= 4 is 0 Å². The zero-order chi connectivity index (χ0) is 23.5. The molecule has 0 N–H and O–H groups in total. The lowest BCUT2D eigenvalue weighted by Crippen LogP contribution is -2.22. The number of hydrogen-bond donors (Lipinski definition) is 0. The number of ether oxygens (including phenoxy) is 1. The molecule has 0 aliphatic heterocycles. The van der Waals surface area contributed by atoms with Gasteiger partial charge in [-0.15, -0.1) is 0 Å². The topological polar surface area (TPSA) is 9.23 Å². The van der Waals surface area contributed by atoms with E-state index in [1.807, 2.05) is 0 Å². The van der Waals surface area contributed by atoms with Crippen LogP contribution >= 0.6 is 0 Å². The van der Waals surface area contributed by atoms with Crippen LogP contribution in [-0.2, 0) is 17.8 Å². The van der Waals surface area contributed by atoms with Crippen LogP contribution in [0.5, 0.6) is 0 Å². The number of aryl methyl sites for hydroxylation is 1. The van der Waals surface area contributed by atoms with E-state index < -0.39 is 23.3 Å². The molecule has 0 saturated heterocycles. The Morgan fingerprint density at radius 2 is 1.15 bits per heavy atom. The minimum atomic E-state index is -0.798. The van der Waals surface area contributed by atoms with Gasteiger partial charge >= 0.3 is 0 Å². The van der Waals surface area contributed by atoms with E-state index in [9.17, 15) is 17.6 Å². The van der Waals surface area contributed by atoms with Crippen LogP contribution in [-0.4, -0.2) is 6.10 Å². The molecule has 180 valence electrons. The second kappa shape index (κ2) is 10.6. The average molecular weight is 463 g/mol. The quantitative estimate of drug-likeness (QED) is 0.392. The van der Waals surface area contributed by atoms with Crippen molar-refractivity contribution in [1.29, 1.82) is 0 Å². The molecule has 0 amide bonds. The van der Waals surface area contributed by atoms with E-state index in [0.29, 0.717) is 54.7 Å². The third-order valence-corrected chi connectivity index (χ3v) is 7.81. The maximum absolute atomic E-state index is 14.8. The Hall–Kier alpha value is -1.88. The van der Waals surface area contributed by atoms with E-state index in [4.69, 9.17) is 4.74 Å². The molecular weight excluding hydrogens is 428 g/mol. The molecule has 0 atom stereocenters. The SMILES string of the molecule is CCc1ccc(C2CCC(OCc3ccc(C4CCC(C)CC4)c(F)c3F)CC2)c(F)c1F. The summed E-state index contributed by atoms with van der Waals surface area (Å²) >= 11 is 0. The van der Waals surface area contributed by atoms with Gasteiger partial charge in [0.1, 0.15) is 0 Å². The van der Waals surface area contributed by atoms with Gasteiger partial charge in [-0.25, -0.2) is 17.6 Å². The van der Waals surface area contributed by atoms with Crippen LogP contribution in [0.2, 0.25) is 0 Å². The largest absolute Gasteiger partial charge is 0.373 e. The van der Waals surface area contributed by atoms with Crippen molar-refractivity contribution in [2.75, 3.05) is 0 Å². The van der Waals surface area contributed by atoms with Crippen LogP contribution in [0, 0.1) is 29.2 Å². The number of hydrogen-bond acceptors (Lipinski definition) is 1. The molecule has 2 aliphatic rings. The minimum absolute atomic E-state index is 0.0221. The highest BCUT2D eigenvalue weighted by Gasteiger charge is 2.28. The minimum Gasteiger partial charge on any atom is -0.373 e. The van der Waals surface area contributed by atoms with Gasteiger partial charge in [0, 0.05) is 5.56 Å². The third-order valence-electron chi connectivity index (χ3n) is 7.81. The maximum atomic E-state index is 14.8. The zero-order valence-electron chi connectivity index (χ0n) is 19.6. The first-order valence-electron chi connectivity index (χ1n) is 12.4. The predicted molar refractivity (Wildman–Crippen MR) is 122 cm³/mol. The van der Waals surface area contributed by atoms with Crippen LogP contribution in [0.3, 0.4) is 0 Å². The normalized spacial score (nSPS) is 25.9. The maximum Gasteiger partial charge on any atom is 0.164 e. The van der Waals surface area contributed by atoms with Crippen LogP contribution in [0.4, 0.5) is 17.6 Å². The second-order valence-electron chi connectivity index (χ2n) is 9.98. The average Bonchev–Trinajstić information content (AvgIpc) is 2.83. The van der Waals surface area contributed by atoms with Gasteiger partial charge in [0.2, 0.25) is 0 Å². The molecule has 2 aromatic carbocycles. The number of benzene rings is 2. The van der Waals surface area contributed by atoms with Gasteiger partial charge in [-0.1, -0.05) is 51.0 Å². The lowest BCUT2D eigenvalue weighted by molar-refractivity contribution is 0.0116. The highest BCUT2D eigenvalue weighted by molar-refractivity contribution is 5.30. The van der Waals surface area contributed by atoms with Crippen LogP contribution in [0.25, 0.3) is 0 Å². The second-order valence-corrected chi connectivity index (χ2v) is 9.98. The Morgan fingerprint density at radius 1 is 0.667 bits per heavy atom. The number of rotatable bonds is 6. The van der Waals surface area contributed by atoms with Crippen molar-refractivity contribution in [2.24, 2.45) is 5.92 Å². The lowest BCUT2D eigenvalue weighted by atomic mass is 9.79. The van der Waals surface area contributed by atoms with Crippen LogP contribution in [0.15, 0.2) is 24.3 Å². The summed E-state index contributed by atoms with van der Waals surface area (Å²) in [5.74, 6) is -2.29. The predicted octanol–water partition coefficient (Wildman–Crippen LogP) is 8.34. The van der Waals surface area contributed by atoms with Gasteiger partial charge in [0.15, 0.2) is 23.3 Å². The molecule has 2 aliphatic carbocycles. The molecule has 2 aromatic rings. The Balaban J connectivity index is 1.33. The zero-order valence-corrected chi connectivity index (χ0v) is 19.6. The number of halogens is 4. The molecule has 0 spiro atoms. The van der Waals surface area contributed by atoms with Crippen molar-refractivity contribution in [2.45, 2.75) is 96.2 Å². The summed E-state index contributed by atoms with van der Waals surface area (Å²) in [6, 6.07) is 6.76. The van der Waals surface area contributed by atoms with Gasteiger partial charge in [-0.3, -0.25) is 0 Å². The van der Waals surface area contributed by atoms with Crippen LogP contribution < -0.4 is 0 Å². The van der Waals surface area contributed by atoms with E-state index in [1.54, 1.807) is 31.2 Å². The van der Waals surface area contributed by atoms with Crippen LogP contribution in [0.1, 0.15) is 99.3 Å². The summed E-state index contributed by atoms with van der Waals surface area (Å²) < 4.78 is 64.1. The smallest absolute Gasteiger partial charge is 0.164 e. The Bertz CT molecular complexity index is 957. The molecule has 2 fully saturated rings. The highest BCUT2D eigenvalue weighted by Crippen LogP contribution is 2.39. The first kappa shape index (κ1) is 24.3. The van der Waals surface area contributed by atoms with Crippen molar-refractivity contribution < 1.29 is 22.3 Å². The summed E-state index contributed by atoms with van der Waals surface area (Å²) in [5.41, 5.74) is 1.56.